The molecule has 0 spiro atoms. The number of rotatable bonds is 4. The van der Waals surface area contributed by atoms with Gasteiger partial charge in [-0.2, -0.15) is 4.98 Å². The molecule has 1 aromatic carbocycles. The van der Waals surface area contributed by atoms with Gasteiger partial charge in [-0.15, -0.1) is 0 Å². The van der Waals surface area contributed by atoms with E-state index in [1.54, 1.807) is 6.07 Å². The Labute approximate surface area is 154 Å². The van der Waals surface area contributed by atoms with Crippen LogP contribution in [0.15, 0.2) is 27.6 Å². The zero-order valence-corrected chi connectivity index (χ0v) is 16.8. The number of ether oxygens (including phenoxy) is 1. The van der Waals surface area contributed by atoms with Crippen LogP contribution in [-0.2, 0) is 21.0 Å². The van der Waals surface area contributed by atoms with E-state index in [1.807, 2.05) is 19.1 Å². The minimum Gasteiger partial charge on any atom is -0.377 e. The molecule has 0 unspecified atom stereocenters. The van der Waals surface area contributed by atoms with E-state index in [-0.39, 0.29) is 17.4 Å². The van der Waals surface area contributed by atoms with E-state index >= 15 is 0 Å². The number of aromatic nitrogens is 2. The number of nitrogens with zero attached hydrogens (tertiary/aromatic N) is 2. The van der Waals surface area contributed by atoms with Gasteiger partial charge in [0, 0.05) is 18.4 Å². The smallest absolute Gasteiger partial charge is 0.257 e. The maximum absolute atomic E-state index is 12.1. The van der Waals surface area contributed by atoms with E-state index in [9.17, 15) is 8.42 Å². The molecule has 1 saturated heterocycles. The lowest BCUT2D eigenvalue weighted by Gasteiger charge is -2.29. The third kappa shape index (κ3) is 3.69. The summed E-state index contributed by atoms with van der Waals surface area (Å²) in [4.78, 5) is 4.87. The summed E-state index contributed by atoms with van der Waals surface area (Å²) in [6, 6.07) is 5.27. The minimum absolute atomic E-state index is 0.0196. The van der Waals surface area contributed by atoms with Crippen LogP contribution < -0.4 is 0 Å². The Balaban J connectivity index is 1.96. The van der Waals surface area contributed by atoms with E-state index < -0.39 is 9.84 Å². The van der Waals surface area contributed by atoms with Gasteiger partial charge in [0.25, 0.3) is 5.89 Å². The fourth-order valence-corrected chi connectivity index (χ4v) is 4.56. The van der Waals surface area contributed by atoms with Gasteiger partial charge < -0.3 is 9.26 Å². The molecule has 6 nitrogen and oxygen atoms in total. The van der Waals surface area contributed by atoms with Crippen LogP contribution in [-0.4, -0.2) is 37.5 Å². The van der Waals surface area contributed by atoms with E-state index in [0.29, 0.717) is 35.2 Å². The number of sulfone groups is 1. The SMILES string of the molecule is CCc1ccc(-c2nc([C@H]3CCO[C@@H]3C(C)(C)C)no2)cc1S(C)(=O)=O. The molecular weight excluding hydrogens is 352 g/mol. The zero-order chi connectivity index (χ0) is 19.1. The molecule has 1 aromatic heterocycles. The summed E-state index contributed by atoms with van der Waals surface area (Å²) in [7, 11) is -3.32. The first-order chi connectivity index (χ1) is 12.1. The van der Waals surface area contributed by atoms with Crippen molar-refractivity contribution < 1.29 is 17.7 Å². The van der Waals surface area contributed by atoms with Crippen molar-refractivity contribution in [3.05, 3.63) is 29.6 Å². The van der Waals surface area contributed by atoms with Crippen molar-refractivity contribution in [3.8, 4) is 11.5 Å². The van der Waals surface area contributed by atoms with Crippen LogP contribution in [0, 0.1) is 5.41 Å². The van der Waals surface area contributed by atoms with Crippen LogP contribution in [0.1, 0.15) is 51.4 Å². The van der Waals surface area contributed by atoms with Gasteiger partial charge in [0.15, 0.2) is 15.7 Å². The Morgan fingerprint density at radius 2 is 2.00 bits per heavy atom. The number of aryl methyl sites for hydroxylation is 1. The van der Waals surface area contributed by atoms with Crippen LogP contribution in [0.2, 0.25) is 0 Å². The Morgan fingerprint density at radius 1 is 1.27 bits per heavy atom. The van der Waals surface area contributed by atoms with Crippen molar-refractivity contribution in [2.45, 2.75) is 57.5 Å². The lowest BCUT2D eigenvalue weighted by atomic mass is 9.81. The van der Waals surface area contributed by atoms with E-state index in [4.69, 9.17) is 9.26 Å². The molecule has 2 heterocycles. The predicted molar refractivity (Wildman–Crippen MR) is 98.8 cm³/mol. The van der Waals surface area contributed by atoms with Gasteiger partial charge in [0.2, 0.25) is 0 Å². The van der Waals surface area contributed by atoms with Crippen LogP contribution in [0.4, 0.5) is 0 Å². The first kappa shape index (κ1) is 19.0. The van der Waals surface area contributed by atoms with Gasteiger partial charge >= 0.3 is 0 Å². The van der Waals surface area contributed by atoms with Gasteiger partial charge in [0.05, 0.1) is 16.9 Å². The van der Waals surface area contributed by atoms with E-state index in [2.05, 4.69) is 30.9 Å². The normalized spacial score (nSPS) is 21.3. The maximum Gasteiger partial charge on any atom is 0.257 e. The summed E-state index contributed by atoms with van der Waals surface area (Å²) in [5.41, 5.74) is 1.38. The van der Waals surface area contributed by atoms with Crippen molar-refractivity contribution in [1.29, 1.82) is 0 Å². The minimum atomic E-state index is -3.32. The molecule has 142 valence electrons. The molecule has 2 aromatic rings. The van der Waals surface area contributed by atoms with Crippen LogP contribution in [0.5, 0.6) is 0 Å². The summed E-state index contributed by atoms with van der Waals surface area (Å²) in [6.07, 6.45) is 2.74. The second-order valence-corrected chi connectivity index (χ2v) is 9.94. The second-order valence-electron chi connectivity index (χ2n) is 7.96. The number of hydrogen-bond acceptors (Lipinski definition) is 6. The Hall–Kier alpha value is -1.73. The Morgan fingerprint density at radius 3 is 2.62 bits per heavy atom. The summed E-state index contributed by atoms with van der Waals surface area (Å²) in [5.74, 6) is 1.04. The average molecular weight is 378 g/mol. The summed E-state index contributed by atoms with van der Waals surface area (Å²) in [6.45, 7) is 9.03. The molecule has 1 fully saturated rings. The maximum atomic E-state index is 12.1. The summed E-state index contributed by atoms with van der Waals surface area (Å²) < 4.78 is 35.5. The molecule has 2 atom stereocenters. The van der Waals surface area contributed by atoms with E-state index in [0.717, 1.165) is 12.0 Å². The molecular formula is C19H26N2O4S. The molecule has 0 saturated carbocycles. The van der Waals surface area contributed by atoms with Gasteiger partial charge in [0.1, 0.15) is 0 Å². The monoisotopic (exact) mass is 378 g/mol. The highest BCUT2D eigenvalue weighted by Gasteiger charge is 2.40. The van der Waals surface area contributed by atoms with E-state index in [1.165, 1.54) is 6.26 Å². The molecule has 0 bridgehead atoms. The average Bonchev–Trinajstić information content (AvgIpc) is 3.21. The molecule has 0 N–H and O–H groups in total. The highest BCUT2D eigenvalue weighted by atomic mass is 32.2. The fourth-order valence-electron chi connectivity index (χ4n) is 3.54. The molecule has 0 aliphatic carbocycles. The summed E-state index contributed by atoms with van der Waals surface area (Å²) >= 11 is 0. The number of benzene rings is 1. The molecule has 0 amide bonds. The lowest BCUT2D eigenvalue weighted by molar-refractivity contribution is 0.0193. The van der Waals surface area contributed by atoms with Crippen molar-refractivity contribution >= 4 is 9.84 Å². The molecule has 3 rings (SSSR count). The van der Waals surface area contributed by atoms with Crippen LogP contribution >= 0.6 is 0 Å². The molecule has 7 heteroatoms. The van der Waals surface area contributed by atoms with Crippen molar-refractivity contribution in [2.75, 3.05) is 12.9 Å². The highest BCUT2D eigenvalue weighted by Crippen LogP contribution is 2.40. The van der Waals surface area contributed by atoms with Gasteiger partial charge in [-0.05, 0) is 36.0 Å². The first-order valence-corrected chi connectivity index (χ1v) is 10.8. The predicted octanol–water partition coefficient (Wildman–Crippen LogP) is 3.62. The third-order valence-electron chi connectivity index (χ3n) is 4.81. The van der Waals surface area contributed by atoms with Crippen molar-refractivity contribution in [1.82, 2.24) is 10.1 Å². The quantitative estimate of drug-likeness (QED) is 0.808. The van der Waals surface area contributed by atoms with Crippen LogP contribution in [0.25, 0.3) is 11.5 Å². The largest absolute Gasteiger partial charge is 0.377 e. The Kier molecular flexibility index (Phi) is 4.96. The summed E-state index contributed by atoms with van der Waals surface area (Å²) in [5, 5.41) is 4.16. The Bertz CT molecular complexity index is 897. The van der Waals surface area contributed by atoms with Crippen molar-refractivity contribution in [3.63, 3.8) is 0 Å². The van der Waals surface area contributed by atoms with Crippen molar-refractivity contribution in [2.24, 2.45) is 5.41 Å². The second kappa shape index (κ2) is 6.78. The zero-order valence-electron chi connectivity index (χ0n) is 15.9. The molecule has 1 aliphatic rings. The van der Waals surface area contributed by atoms with Gasteiger partial charge in [-0.3, -0.25) is 0 Å². The molecule has 1 aliphatic heterocycles. The molecule has 26 heavy (non-hydrogen) atoms. The number of hydrogen-bond donors (Lipinski definition) is 0. The van der Waals surface area contributed by atoms with Crippen LogP contribution in [0.3, 0.4) is 0 Å². The standard InChI is InChI=1S/C19H26N2O4S/c1-6-12-7-8-13(11-15(12)26(5,22)23)18-20-17(21-25-18)14-9-10-24-16(14)19(2,3)4/h7-8,11,14,16H,6,9-10H2,1-5H3/t14-,16-/m0/s1. The fraction of sp³-hybridized carbons (Fsp3) is 0.579. The topological polar surface area (TPSA) is 82.3 Å². The first-order valence-electron chi connectivity index (χ1n) is 8.90. The third-order valence-corrected chi connectivity index (χ3v) is 5.99. The lowest BCUT2D eigenvalue weighted by Crippen LogP contribution is -2.30. The van der Waals surface area contributed by atoms with Gasteiger partial charge in [-0.1, -0.05) is 38.9 Å². The highest BCUT2D eigenvalue weighted by molar-refractivity contribution is 7.90. The van der Waals surface area contributed by atoms with Gasteiger partial charge in [-0.25, -0.2) is 8.42 Å². The molecule has 0 radical (unpaired) electrons.